The number of nitrogens with zero attached hydrogens (tertiary/aromatic N) is 1. The van der Waals surface area contributed by atoms with Crippen LogP contribution in [0.1, 0.15) is 49.5 Å². The van der Waals surface area contributed by atoms with Crippen LogP contribution >= 0.6 is 0 Å². The third kappa shape index (κ3) is 5.27. The highest BCUT2D eigenvalue weighted by Gasteiger charge is 2.26. The van der Waals surface area contributed by atoms with Gasteiger partial charge in [-0.25, -0.2) is 9.59 Å². The van der Waals surface area contributed by atoms with Crippen molar-refractivity contribution in [2.75, 3.05) is 13.1 Å². The van der Waals surface area contributed by atoms with Crippen LogP contribution < -0.4 is 0 Å². The minimum Gasteiger partial charge on any atom is -0.478 e. The smallest absolute Gasteiger partial charge is 0.410 e. The molecule has 23 heavy (non-hydrogen) atoms. The maximum absolute atomic E-state index is 12.0. The zero-order valence-electron chi connectivity index (χ0n) is 14.0. The molecule has 0 unspecified atom stereocenters. The van der Waals surface area contributed by atoms with Crippen LogP contribution in [0.25, 0.3) is 0 Å². The summed E-state index contributed by atoms with van der Waals surface area (Å²) in [5.74, 6) is -0.427. The highest BCUT2D eigenvalue weighted by atomic mass is 16.6. The summed E-state index contributed by atoms with van der Waals surface area (Å²) in [7, 11) is 0. The number of piperidine rings is 1. The molecule has 1 heterocycles. The van der Waals surface area contributed by atoms with Crippen molar-refractivity contribution in [1.29, 1.82) is 0 Å². The summed E-state index contributed by atoms with van der Waals surface area (Å²) in [6, 6.07) is 7.10. The summed E-state index contributed by atoms with van der Waals surface area (Å²) in [6.07, 6.45) is 2.43. The lowest BCUT2D eigenvalue weighted by molar-refractivity contribution is 0.0184. The first-order valence-electron chi connectivity index (χ1n) is 8.05. The van der Waals surface area contributed by atoms with Gasteiger partial charge in [0.25, 0.3) is 0 Å². The number of benzene rings is 1. The number of carbonyl (C=O) groups excluding carboxylic acids is 1. The van der Waals surface area contributed by atoms with Gasteiger partial charge in [0.2, 0.25) is 0 Å². The first-order chi connectivity index (χ1) is 10.7. The molecule has 1 fully saturated rings. The van der Waals surface area contributed by atoms with E-state index in [1.807, 2.05) is 26.8 Å². The Morgan fingerprint density at radius 2 is 1.91 bits per heavy atom. The van der Waals surface area contributed by atoms with Gasteiger partial charge in [-0.1, -0.05) is 12.1 Å². The van der Waals surface area contributed by atoms with Crippen molar-refractivity contribution in [3.63, 3.8) is 0 Å². The van der Waals surface area contributed by atoms with E-state index in [0.29, 0.717) is 24.6 Å². The van der Waals surface area contributed by atoms with Crippen molar-refractivity contribution in [3.8, 4) is 0 Å². The zero-order valence-corrected chi connectivity index (χ0v) is 14.0. The summed E-state index contributed by atoms with van der Waals surface area (Å²) < 4.78 is 5.39. The molecule has 0 radical (unpaired) electrons. The lowest BCUT2D eigenvalue weighted by atomic mass is 9.90. The minimum absolute atomic E-state index is 0.246. The molecule has 1 aromatic rings. The number of carboxylic acid groups (broad SMARTS) is 1. The SMILES string of the molecule is CC(C)(C)OC(=O)N1CCC(Cc2cccc(C(=O)O)c2)CC1. The number of rotatable bonds is 3. The molecule has 1 aliphatic heterocycles. The number of amides is 1. The fourth-order valence-corrected chi connectivity index (χ4v) is 2.81. The van der Waals surface area contributed by atoms with Gasteiger partial charge in [0.1, 0.15) is 5.60 Å². The van der Waals surface area contributed by atoms with E-state index in [2.05, 4.69) is 0 Å². The van der Waals surface area contributed by atoms with Gasteiger partial charge in [0.15, 0.2) is 0 Å². The molecule has 126 valence electrons. The average molecular weight is 319 g/mol. The molecular weight excluding hydrogens is 294 g/mol. The van der Waals surface area contributed by atoms with Crippen LogP contribution in [-0.2, 0) is 11.2 Å². The topological polar surface area (TPSA) is 66.8 Å². The molecule has 0 saturated carbocycles. The monoisotopic (exact) mass is 319 g/mol. The second kappa shape index (κ2) is 7.02. The van der Waals surface area contributed by atoms with Crippen LogP contribution in [0.5, 0.6) is 0 Å². The van der Waals surface area contributed by atoms with Gasteiger partial charge >= 0.3 is 12.1 Å². The Bertz CT molecular complexity index is 569. The van der Waals surface area contributed by atoms with Crippen LogP contribution in [0.4, 0.5) is 4.79 Å². The van der Waals surface area contributed by atoms with Crippen molar-refractivity contribution in [3.05, 3.63) is 35.4 Å². The van der Waals surface area contributed by atoms with Gasteiger partial charge in [-0.3, -0.25) is 0 Å². The van der Waals surface area contributed by atoms with E-state index in [1.165, 1.54) is 0 Å². The lowest BCUT2D eigenvalue weighted by Gasteiger charge is -2.33. The standard InChI is InChI=1S/C18H25NO4/c1-18(2,3)23-17(22)19-9-7-13(8-10-19)11-14-5-4-6-15(12-14)16(20)21/h4-6,12-13H,7-11H2,1-3H3,(H,20,21). The molecular formula is C18H25NO4. The van der Waals surface area contributed by atoms with Crippen LogP contribution in [0.15, 0.2) is 24.3 Å². The van der Waals surface area contributed by atoms with E-state index in [0.717, 1.165) is 24.8 Å². The number of likely N-dealkylation sites (tertiary alicyclic amines) is 1. The molecule has 2 rings (SSSR count). The molecule has 1 aromatic carbocycles. The molecule has 1 N–H and O–H groups in total. The van der Waals surface area contributed by atoms with Gasteiger partial charge in [-0.05, 0) is 63.6 Å². The summed E-state index contributed by atoms with van der Waals surface area (Å²) in [4.78, 5) is 24.8. The third-order valence-electron chi connectivity index (χ3n) is 3.96. The van der Waals surface area contributed by atoms with Gasteiger partial charge in [-0.2, -0.15) is 0 Å². The predicted molar refractivity (Wildman–Crippen MR) is 87.6 cm³/mol. The van der Waals surface area contributed by atoms with Gasteiger partial charge in [-0.15, -0.1) is 0 Å². The third-order valence-corrected chi connectivity index (χ3v) is 3.96. The van der Waals surface area contributed by atoms with Crippen molar-refractivity contribution in [2.24, 2.45) is 5.92 Å². The normalized spacial score (nSPS) is 16.2. The van der Waals surface area contributed by atoms with Crippen molar-refractivity contribution >= 4 is 12.1 Å². The van der Waals surface area contributed by atoms with Crippen molar-refractivity contribution in [1.82, 2.24) is 4.90 Å². The molecule has 1 amide bonds. The largest absolute Gasteiger partial charge is 0.478 e. The Morgan fingerprint density at radius 3 is 2.48 bits per heavy atom. The molecule has 0 spiro atoms. The maximum atomic E-state index is 12.0. The molecule has 5 heteroatoms. The molecule has 1 saturated heterocycles. The van der Waals surface area contributed by atoms with E-state index >= 15 is 0 Å². The summed E-state index contributed by atoms with van der Waals surface area (Å²) in [5.41, 5.74) is 0.903. The van der Waals surface area contributed by atoms with Gasteiger partial charge in [0, 0.05) is 13.1 Å². The van der Waals surface area contributed by atoms with E-state index in [1.54, 1.807) is 23.1 Å². The van der Waals surface area contributed by atoms with Gasteiger partial charge < -0.3 is 14.7 Å². The molecule has 0 aliphatic carbocycles. The Hall–Kier alpha value is -2.04. The summed E-state index contributed by atoms with van der Waals surface area (Å²) in [6.45, 7) is 6.99. The average Bonchev–Trinajstić information content (AvgIpc) is 2.46. The Kier molecular flexibility index (Phi) is 5.29. The zero-order chi connectivity index (χ0) is 17.0. The lowest BCUT2D eigenvalue weighted by Crippen LogP contribution is -2.42. The quantitative estimate of drug-likeness (QED) is 0.925. The summed E-state index contributed by atoms with van der Waals surface area (Å²) in [5, 5.41) is 9.05. The van der Waals surface area contributed by atoms with Crippen LogP contribution in [0, 0.1) is 5.92 Å². The molecule has 1 aliphatic rings. The number of carbonyl (C=O) groups is 2. The van der Waals surface area contributed by atoms with Crippen molar-refractivity contribution in [2.45, 2.75) is 45.6 Å². The number of hydrogen-bond acceptors (Lipinski definition) is 3. The van der Waals surface area contributed by atoms with Crippen molar-refractivity contribution < 1.29 is 19.4 Å². The highest BCUT2D eigenvalue weighted by Crippen LogP contribution is 2.23. The molecule has 0 atom stereocenters. The first-order valence-corrected chi connectivity index (χ1v) is 8.05. The van der Waals surface area contributed by atoms with Crippen LogP contribution in [-0.4, -0.2) is 40.8 Å². The van der Waals surface area contributed by atoms with Crippen LogP contribution in [0.2, 0.25) is 0 Å². The minimum atomic E-state index is -0.897. The first kappa shape index (κ1) is 17.3. The molecule has 0 bridgehead atoms. The van der Waals surface area contributed by atoms with Gasteiger partial charge in [0.05, 0.1) is 5.56 Å². The van der Waals surface area contributed by atoms with E-state index in [4.69, 9.17) is 9.84 Å². The number of hydrogen-bond donors (Lipinski definition) is 1. The maximum Gasteiger partial charge on any atom is 0.410 e. The Labute approximate surface area is 137 Å². The summed E-state index contributed by atoms with van der Waals surface area (Å²) >= 11 is 0. The van der Waals surface area contributed by atoms with E-state index < -0.39 is 11.6 Å². The second-order valence-corrected chi connectivity index (χ2v) is 7.12. The Morgan fingerprint density at radius 1 is 1.26 bits per heavy atom. The molecule has 5 nitrogen and oxygen atoms in total. The van der Waals surface area contributed by atoms with E-state index in [9.17, 15) is 9.59 Å². The predicted octanol–water partition coefficient (Wildman–Crippen LogP) is 3.57. The number of aromatic carboxylic acids is 1. The highest BCUT2D eigenvalue weighted by molar-refractivity contribution is 5.87. The fourth-order valence-electron chi connectivity index (χ4n) is 2.81. The number of ether oxygens (including phenoxy) is 1. The van der Waals surface area contributed by atoms with E-state index in [-0.39, 0.29) is 6.09 Å². The fraction of sp³-hybridized carbons (Fsp3) is 0.556. The Balaban J connectivity index is 1.86. The number of carboxylic acids is 1. The van der Waals surface area contributed by atoms with Crippen LogP contribution in [0.3, 0.4) is 0 Å². The molecule has 0 aromatic heterocycles. The second-order valence-electron chi connectivity index (χ2n) is 7.12.